The van der Waals surface area contributed by atoms with Crippen LogP contribution in [0, 0.1) is 0 Å². The summed E-state index contributed by atoms with van der Waals surface area (Å²) in [5, 5.41) is 5.42. The van der Waals surface area contributed by atoms with Crippen molar-refractivity contribution < 1.29 is 23.9 Å². The molecule has 0 saturated carbocycles. The van der Waals surface area contributed by atoms with E-state index in [0.29, 0.717) is 17.0 Å². The quantitative estimate of drug-likeness (QED) is 0.447. The summed E-state index contributed by atoms with van der Waals surface area (Å²) in [6.45, 7) is 7.24. The fourth-order valence-electron chi connectivity index (χ4n) is 3.38. The van der Waals surface area contributed by atoms with Crippen LogP contribution in [0.5, 0.6) is 5.75 Å². The number of nitrogens with one attached hydrogen (secondary N) is 2. The fourth-order valence-corrected chi connectivity index (χ4v) is 3.63. The molecule has 3 amide bonds. The number of anilines is 1. The van der Waals surface area contributed by atoms with E-state index in [1.807, 2.05) is 31.2 Å². The van der Waals surface area contributed by atoms with Crippen LogP contribution in [-0.2, 0) is 20.7 Å². The molecule has 0 aliphatic heterocycles. The molecule has 0 radical (unpaired) electrons. The Bertz CT molecular complexity index is 1000. The highest BCUT2D eigenvalue weighted by molar-refractivity contribution is 7.80. The minimum Gasteiger partial charge on any atom is -0.497 e. The number of likely N-dealkylation sites (N-methyl/N-ethyl adjacent to an activating group) is 1. The number of benzene rings is 2. The van der Waals surface area contributed by atoms with Gasteiger partial charge < -0.3 is 25.0 Å². The molecule has 2 aromatic rings. The van der Waals surface area contributed by atoms with Gasteiger partial charge in [-0.1, -0.05) is 31.2 Å². The van der Waals surface area contributed by atoms with Gasteiger partial charge in [-0.3, -0.25) is 9.59 Å². The number of hydrogen-bond acceptors (Lipinski definition) is 6. The zero-order chi connectivity index (χ0) is 26.2. The number of thiol groups is 1. The molecular weight excluding hydrogens is 466 g/mol. The number of carbonyl (C=O) groups is 3. The Balaban J connectivity index is 2.31. The molecule has 35 heavy (non-hydrogen) atoms. The molecule has 2 aromatic carbocycles. The lowest BCUT2D eigenvalue weighted by Crippen LogP contribution is -2.52. The second kappa shape index (κ2) is 12.5. The molecular formula is C26H35N3O5S. The van der Waals surface area contributed by atoms with Gasteiger partial charge in [0, 0.05) is 18.5 Å². The number of amides is 3. The predicted molar refractivity (Wildman–Crippen MR) is 140 cm³/mol. The fraction of sp³-hybridized carbons (Fsp3) is 0.423. The van der Waals surface area contributed by atoms with Crippen LogP contribution < -0.4 is 15.4 Å². The second-order valence-electron chi connectivity index (χ2n) is 9.05. The van der Waals surface area contributed by atoms with Gasteiger partial charge in [-0.05, 0) is 62.6 Å². The number of rotatable bonds is 9. The van der Waals surface area contributed by atoms with E-state index in [1.54, 1.807) is 52.1 Å². The van der Waals surface area contributed by atoms with Crippen molar-refractivity contribution in [3.8, 4) is 5.75 Å². The van der Waals surface area contributed by atoms with E-state index in [-0.39, 0.29) is 5.75 Å². The molecule has 0 aromatic heterocycles. The Kier molecular flexibility index (Phi) is 10.0. The second-order valence-corrected chi connectivity index (χ2v) is 9.41. The summed E-state index contributed by atoms with van der Waals surface area (Å²) in [5.41, 5.74) is 1.59. The lowest BCUT2D eigenvalue weighted by molar-refractivity contribution is -0.138. The highest BCUT2D eigenvalue weighted by Crippen LogP contribution is 2.24. The van der Waals surface area contributed by atoms with E-state index in [9.17, 15) is 14.4 Å². The largest absolute Gasteiger partial charge is 0.497 e. The molecule has 2 unspecified atom stereocenters. The molecule has 0 aliphatic rings. The van der Waals surface area contributed by atoms with Crippen molar-refractivity contribution in [2.24, 2.45) is 0 Å². The van der Waals surface area contributed by atoms with Crippen molar-refractivity contribution in [2.75, 3.05) is 25.2 Å². The van der Waals surface area contributed by atoms with Crippen LogP contribution in [0.15, 0.2) is 48.5 Å². The molecule has 0 bridgehead atoms. The van der Waals surface area contributed by atoms with Crippen molar-refractivity contribution in [1.29, 1.82) is 0 Å². The number of carbonyl (C=O) groups excluding carboxylic acids is 3. The highest BCUT2D eigenvalue weighted by atomic mass is 32.1. The third-order valence-corrected chi connectivity index (χ3v) is 5.58. The Labute approximate surface area is 212 Å². The average molecular weight is 502 g/mol. The van der Waals surface area contributed by atoms with Gasteiger partial charge in [0.1, 0.15) is 23.4 Å². The molecule has 0 fully saturated rings. The van der Waals surface area contributed by atoms with E-state index in [4.69, 9.17) is 9.47 Å². The van der Waals surface area contributed by atoms with E-state index in [2.05, 4.69) is 23.3 Å². The maximum absolute atomic E-state index is 13.4. The van der Waals surface area contributed by atoms with Crippen molar-refractivity contribution in [3.05, 3.63) is 59.7 Å². The Morgan fingerprint density at radius 1 is 1.03 bits per heavy atom. The first-order chi connectivity index (χ1) is 16.5. The van der Waals surface area contributed by atoms with Crippen molar-refractivity contribution in [3.63, 3.8) is 0 Å². The van der Waals surface area contributed by atoms with Crippen LogP contribution in [0.2, 0.25) is 0 Å². The normalized spacial score (nSPS) is 12.8. The maximum Gasteiger partial charge on any atom is 0.408 e. The zero-order valence-corrected chi connectivity index (χ0v) is 22.0. The van der Waals surface area contributed by atoms with Crippen LogP contribution in [0.4, 0.5) is 10.5 Å². The van der Waals surface area contributed by atoms with Crippen molar-refractivity contribution >= 4 is 36.2 Å². The Morgan fingerprint density at radius 3 is 2.11 bits per heavy atom. The van der Waals surface area contributed by atoms with Gasteiger partial charge in [-0.2, -0.15) is 12.6 Å². The first-order valence-corrected chi connectivity index (χ1v) is 12.0. The van der Waals surface area contributed by atoms with Gasteiger partial charge in [0.2, 0.25) is 5.91 Å². The van der Waals surface area contributed by atoms with Gasteiger partial charge >= 0.3 is 6.09 Å². The summed E-state index contributed by atoms with van der Waals surface area (Å²) >= 11 is 4.24. The molecule has 190 valence electrons. The number of methoxy groups -OCH3 is 1. The molecule has 0 aliphatic carbocycles. The first-order valence-electron chi connectivity index (χ1n) is 11.4. The molecule has 8 nitrogen and oxygen atoms in total. The molecule has 0 spiro atoms. The highest BCUT2D eigenvalue weighted by Gasteiger charge is 2.33. The molecule has 2 atom stereocenters. The number of ether oxygens (including phenoxy) is 2. The number of alkyl carbamates (subject to hydrolysis) is 1. The summed E-state index contributed by atoms with van der Waals surface area (Å²) in [6.07, 6.45) is 0.115. The minimum absolute atomic E-state index is 0.0318. The SMILES string of the molecule is CCc1ccc(C(C(=O)Nc2ccc(OC)cc2)N(C)C(=O)C(CS)NC(=O)OC(C)(C)C)cc1. The van der Waals surface area contributed by atoms with Crippen LogP contribution in [0.3, 0.4) is 0 Å². The molecule has 2 N–H and O–H groups in total. The first kappa shape index (κ1) is 28.0. The summed E-state index contributed by atoms with van der Waals surface area (Å²) in [6, 6.07) is 12.5. The Hall–Kier alpha value is -3.20. The van der Waals surface area contributed by atoms with E-state index in [0.717, 1.165) is 12.0 Å². The smallest absolute Gasteiger partial charge is 0.408 e. The summed E-state index contributed by atoms with van der Waals surface area (Å²) in [4.78, 5) is 40.4. The molecule has 0 saturated heterocycles. The van der Waals surface area contributed by atoms with Gasteiger partial charge in [-0.15, -0.1) is 0 Å². The summed E-state index contributed by atoms with van der Waals surface area (Å²) in [7, 11) is 3.09. The molecule has 0 heterocycles. The molecule has 2 rings (SSSR count). The van der Waals surface area contributed by atoms with Gasteiger partial charge in [0.15, 0.2) is 0 Å². The lowest BCUT2D eigenvalue weighted by atomic mass is 10.0. The number of nitrogens with zero attached hydrogens (tertiary/aromatic N) is 1. The third-order valence-electron chi connectivity index (χ3n) is 5.22. The standard InChI is InChI=1S/C26H35N3O5S/c1-7-17-8-10-18(11-9-17)22(23(30)27-19-12-14-20(33-6)15-13-19)29(5)24(31)21(16-35)28-25(32)34-26(2,3)4/h8-15,21-22,35H,7,16H2,1-6H3,(H,27,30)(H,28,32). The third kappa shape index (κ3) is 8.20. The average Bonchev–Trinajstić information content (AvgIpc) is 2.82. The maximum atomic E-state index is 13.4. The van der Waals surface area contributed by atoms with Crippen molar-refractivity contribution in [2.45, 2.75) is 51.8 Å². The van der Waals surface area contributed by atoms with Gasteiger partial charge in [-0.25, -0.2) is 4.79 Å². The van der Waals surface area contributed by atoms with Crippen LogP contribution in [0.1, 0.15) is 44.9 Å². The van der Waals surface area contributed by atoms with E-state index >= 15 is 0 Å². The molecule has 9 heteroatoms. The summed E-state index contributed by atoms with van der Waals surface area (Å²) < 4.78 is 10.4. The van der Waals surface area contributed by atoms with Crippen LogP contribution in [0.25, 0.3) is 0 Å². The van der Waals surface area contributed by atoms with Crippen LogP contribution in [-0.4, -0.2) is 54.4 Å². The lowest BCUT2D eigenvalue weighted by Gasteiger charge is -2.31. The van der Waals surface area contributed by atoms with E-state index in [1.165, 1.54) is 11.9 Å². The number of aryl methyl sites for hydroxylation is 1. The van der Waals surface area contributed by atoms with Crippen molar-refractivity contribution in [1.82, 2.24) is 10.2 Å². The minimum atomic E-state index is -0.982. The van der Waals surface area contributed by atoms with E-state index < -0.39 is 35.6 Å². The zero-order valence-electron chi connectivity index (χ0n) is 21.1. The Morgan fingerprint density at radius 2 is 1.63 bits per heavy atom. The summed E-state index contributed by atoms with van der Waals surface area (Å²) in [5.74, 6) is -0.179. The predicted octanol–water partition coefficient (Wildman–Crippen LogP) is 4.22. The topological polar surface area (TPSA) is 97.0 Å². The van der Waals surface area contributed by atoms with Crippen LogP contribution >= 0.6 is 12.6 Å². The van der Waals surface area contributed by atoms with Gasteiger partial charge in [0.25, 0.3) is 5.91 Å². The number of hydrogen-bond donors (Lipinski definition) is 3. The van der Waals surface area contributed by atoms with Gasteiger partial charge in [0.05, 0.1) is 7.11 Å². The monoisotopic (exact) mass is 501 g/mol.